The molecule has 4 nitrogen and oxygen atoms in total. The van der Waals surface area contributed by atoms with Crippen LogP contribution in [0.4, 0.5) is 5.82 Å². The zero-order valence-electron chi connectivity index (χ0n) is 10.9. The first-order valence-electron chi connectivity index (χ1n) is 5.70. The van der Waals surface area contributed by atoms with E-state index in [2.05, 4.69) is 34.2 Å². The molecule has 16 heavy (non-hydrogen) atoms. The Morgan fingerprint density at radius 1 is 1.44 bits per heavy atom. The summed E-state index contributed by atoms with van der Waals surface area (Å²) in [6.45, 7) is 8.20. The van der Waals surface area contributed by atoms with Gasteiger partial charge in [-0.15, -0.1) is 0 Å². The predicted octanol–water partition coefficient (Wildman–Crippen LogP) is 1.39. The van der Waals surface area contributed by atoms with Gasteiger partial charge in [0.2, 0.25) is 0 Å². The van der Waals surface area contributed by atoms with Gasteiger partial charge in [0.05, 0.1) is 11.4 Å². The average Bonchev–Trinajstić information content (AvgIpc) is 2.21. The average molecular weight is 222 g/mol. The van der Waals surface area contributed by atoms with Crippen LogP contribution in [0.5, 0.6) is 0 Å². The number of hydrogen-bond donors (Lipinski definition) is 1. The monoisotopic (exact) mass is 222 g/mol. The molecule has 0 spiro atoms. The van der Waals surface area contributed by atoms with Gasteiger partial charge in [0, 0.05) is 19.8 Å². The molecule has 0 aliphatic carbocycles. The number of anilines is 1. The molecule has 1 N–H and O–H groups in total. The van der Waals surface area contributed by atoms with Crippen molar-refractivity contribution in [2.24, 2.45) is 5.92 Å². The highest BCUT2D eigenvalue weighted by molar-refractivity contribution is 5.42. The minimum absolute atomic E-state index is 0.594. The molecule has 1 rings (SSSR count). The second-order valence-electron chi connectivity index (χ2n) is 4.46. The molecular formula is C12H22N4. The molecule has 1 atom stereocenters. The smallest absolute Gasteiger partial charge is 0.150 e. The van der Waals surface area contributed by atoms with E-state index in [-0.39, 0.29) is 0 Å². The van der Waals surface area contributed by atoms with Crippen molar-refractivity contribution in [1.82, 2.24) is 15.3 Å². The first-order valence-corrected chi connectivity index (χ1v) is 5.70. The van der Waals surface area contributed by atoms with Crippen LogP contribution in [0.1, 0.15) is 18.3 Å². The van der Waals surface area contributed by atoms with Crippen molar-refractivity contribution in [3.05, 3.63) is 17.6 Å². The molecule has 1 aromatic heterocycles. The quantitative estimate of drug-likeness (QED) is 0.817. The minimum atomic E-state index is 0.594. The summed E-state index contributed by atoms with van der Waals surface area (Å²) in [7, 11) is 4.05. The van der Waals surface area contributed by atoms with Crippen molar-refractivity contribution in [3.63, 3.8) is 0 Å². The number of aryl methyl sites for hydroxylation is 2. The van der Waals surface area contributed by atoms with Crippen molar-refractivity contribution >= 4 is 5.82 Å². The lowest BCUT2D eigenvalue weighted by molar-refractivity contribution is 0.540. The van der Waals surface area contributed by atoms with E-state index in [9.17, 15) is 0 Å². The van der Waals surface area contributed by atoms with Crippen LogP contribution >= 0.6 is 0 Å². The molecule has 0 saturated carbocycles. The Hall–Kier alpha value is -1.16. The zero-order valence-corrected chi connectivity index (χ0v) is 10.9. The molecule has 0 aliphatic heterocycles. The van der Waals surface area contributed by atoms with Crippen LogP contribution in [-0.2, 0) is 0 Å². The Balaban J connectivity index is 2.72. The van der Waals surface area contributed by atoms with Crippen molar-refractivity contribution in [3.8, 4) is 0 Å². The first-order chi connectivity index (χ1) is 7.54. The number of rotatable bonds is 5. The largest absolute Gasteiger partial charge is 0.358 e. The van der Waals surface area contributed by atoms with E-state index in [0.717, 1.165) is 30.3 Å². The summed E-state index contributed by atoms with van der Waals surface area (Å²) in [6.07, 6.45) is 1.81. The Bertz CT molecular complexity index is 338. The second-order valence-corrected chi connectivity index (χ2v) is 4.46. The van der Waals surface area contributed by atoms with E-state index < -0.39 is 0 Å². The Kier molecular flexibility index (Phi) is 4.68. The fraction of sp³-hybridized carbons (Fsp3) is 0.667. The summed E-state index contributed by atoms with van der Waals surface area (Å²) in [5, 5.41) is 3.19. The van der Waals surface area contributed by atoms with Crippen molar-refractivity contribution in [2.45, 2.75) is 20.8 Å². The van der Waals surface area contributed by atoms with Crippen LogP contribution in [0.3, 0.4) is 0 Å². The molecule has 0 fully saturated rings. The fourth-order valence-electron chi connectivity index (χ4n) is 1.85. The van der Waals surface area contributed by atoms with E-state index in [0.29, 0.717) is 5.92 Å². The van der Waals surface area contributed by atoms with E-state index in [1.54, 1.807) is 0 Å². The molecule has 0 saturated heterocycles. The lowest BCUT2D eigenvalue weighted by Crippen LogP contribution is -2.30. The molecule has 4 heteroatoms. The van der Waals surface area contributed by atoms with Gasteiger partial charge in [0.15, 0.2) is 0 Å². The lowest BCUT2D eigenvalue weighted by Gasteiger charge is -2.23. The standard InChI is InChI=1S/C12H22N4/c1-9(6-13-4)8-16(5)12-11(3)14-7-10(2)15-12/h7,9,13H,6,8H2,1-5H3. The fourth-order valence-corrected chi connectivity index (χ4v) is 1.85. The van der Waals surface area contributed by atoms with Gasteiger partial charge in [0.1, 0.15) is 5.82 Å². The van der Waals surface area contributed by atoms with Crippen LogP contribution in [0.25, 0.3) is 0 Å². The number of nitrogens with one attached hydrogen (secondary N) is 1. The van der Waals surface area contributed by atoms with Gasteiger partial charge >= 0.3 is 0 Å². The third-order valence-electron chi connectivity index (χ3n) is 2.55. The van der Waals surface area contributed by atoms with Gasteiger partial charge in [-0.25, -0.2) is 4.98 Å². The van der Waals surface area contributed by atoms with E-state index >= 15 is 0 Å². The van der Waals surface area contributed by atoms with Crippen molar-refractivity contribution in [1.29, 1.82) is 0 Å². The predicted molar refractivity (Wildman–Crippen MR) is 67.9 cm³/mol. The minimum Gasteiger partial charge on any atom is -0.358 e. The molecular weight excluding hydrogens is 200 g/mol. The van der Waals surface area contributed by atoms with Gasteiger partial charge in [0.25, 0.3) is 0 Å². The molecule has 1 aromatic rings. The topological polar surface area (TPSA) is 41.0 Å². The molecule has 0 aromatic carbocycles. The lowest BCUT2D eigenvalue weighted by atomic mass is 10.1. The van der Waals surface area contributed by atoms with Gasteiger partial charge in [-0.1, -0.05) is 6.92 Å². The van der Waals surface area contributed by atoms with E-state index in [1.165, 1.54) is 0 Å². The van der Waals surface area contributed by atoms with E-state index in [4.69, 9.17) is 0 Å². The molecule has 90 valence electrons. The summed E-state index contributed by atoms with van der Waals surface area (Å²) in [4.78, 5) is 11.0. The molecule has 0 amide bonds. The highest BCUT2D eigenvalue weighted by Crippen LogP contribution is 2.14. The first kappa shape index (κ1) is 12.9. The molecule has 1 unspecified atom stereocenters. The summed E-state index contributed by atoms with van der Waals surface area (Å²) in [5.74, 6) is 1.58. The van der Waals surface area contributed by atoms with Gasteiger partial charge in [-0.2, -0.15) is 0 Å². The van der Waals surface area contributed by atoms with Crippen molar-refractivity contribution < 1.29 is 0 Å². The molecule has 0 aliphatic rings. The van der Waals surface area contributed by atoms with Crippen molar-refractivity contribution in [2.75, 3.05) is 32.1 Å². The summed E-state index contributed by atoms with van der Waals surface area (Å²) in [6, 6.07) is 0. The van der Waals surface area contributed by atoms with Crippen LogP contribution in [0.15, 0.2) is 6.20 Å². The zero-order chi connectivity index (χ0) is 12.1. The van der Waals surface area contributed by atoms with Crippen LogP contribution in [0.2, 0.25) is 0 Å². The highest BCUT2D eigenvalue weighted by atomic mass is 15.2. The highest BCUT2D eigenvalue weighted by Gasteiger charge is 2.10. The molecule has 1 heterocycles. The third kappa shape index (κ3) is 3.45. The summed E-state index contributed by atoms with van der Waals surface area (Å²) >= 11 is 0. The van der Waals surface area contributed by atoms with Gasteiger partial charge in [-0.05, 0) is 33.4 Å². The van der Waals surface area contributed by atoms with Gasteiger partial charge < -0.3 is 10.2 Å². The number of aromatic nitrogens is 2. The maximum Gasteiger partial charge on any atom is 0.150 e. The summed E-state index contributed by atoms with van der Waals surface area (Å²) in [5.41, 5.74) is 1.96. The van der Waals surface area contributed by atoms with Crippen LogP contribution in [0, 0.1) is 19.8 Å². The number of hydrogen-bond acceptors (Lipinski definition) is 4. The molecule has 0 bridgehead atoms. The number of nitrogens with zero attached hydrogens (tertiary/aromatic N) is 3. The van der Waals surface area contributed by atoms with Gasteiger partial charge in [-0.3, -0.25) is 4.98 Å². The Morgan fingerprint density at radius 2 is 2.12 bits per heavy atom. The summed E-state index contributed by atoms with van der Waals surface area (Å²) < 4.78 is 0. The Labute approximate surface area is 98.1 Å². The Morgan fingerprint density at radius 3 is 2.75 bits per heavy atom. The SMILES string of the molecule is CNCC(C)CN(C)c1nc(C)cnc1C. The van der Waals surface area contributed by atoms with Crippen LogP contribution < -0.4 is 10.2 Å². The molecule has 0 radical (unpaired) electrons. The maximum absolute atomic E-state index is 4.53. The van der Waals surface area contributed by atoms with E-state index in [1.807, 2.05) is 27.1 Å². The third-order valence-corrected chi connectivity index (χ3v) is 2.55. The normalized spacial score (nSPS) is 12.6. The second kappa shape index (κ2) is 5.80. The maximum atomic E-state index is 4.53. The van der Waals surface area contributed by atoms with Crippen LogP contribution in [-0.4, -0.2) is 37.2 Å².